The first-order valence-corrected chi connectivity index (χ1v) is 7.39. The van der Waals surface area contributed by atoms with Crippen LogP contribution in [0.1, 0.15) is 19.3 Å². The molecule has 6 nitrogen and oxygen atoms in total. The van der Waals surface area contributed by atoms with Crippen molar-refractivity contribution < 1.29 is 4.79 Å². The van der Waals surface area contributed by atoms with E-state index in [1.165, 1.54) is 6.42 Å². The highest BCUT2D eigenvalue weighted by molar-refractivity contribution is 5.85. The SMILES string of the molecule is Cl.Cl.O=C(C1CCCCN1)N1CCN(c2ncccn2)CC1. The second-order valence-electron chi connectivity index (χ2n) is 5.36. The van der Waals surface area contributed by atoms with Crippen molar-refractivity contribution in [3.05, 3.63) is 18.5 Å². The minimum atomic E-state index is 0. The minimum Gasteiger partial charge on any atom is -0.338 e. The first kappa shape index (κ1) is 18.9. The van der Waals surface area contributed by atoms with E-state index in [1.807, 2.05) is 11.0 Å². The van der Waals surface area contributed by atoms with Crippen LogP contribution >= 0.6 is 24.8 Å². The molecule has 8 heteroatoms. The first-order chi connectivity index (χ1) is 9.84. The summed E-state index contributed by atoms with van der Waals surface area (Å²) < 4.78 is 0. The molecule has 1 N–H and O–H groups in total. The molecule has 2 saturated heterocycles. The Hall–Kier alpha value is -1.11. The molecule has 1 aromatic heterocycles. The Morgan fingerprint density at radius 1 is 1.09 bits per heavy atom. The number of piperazine rings is 1. The molecule has 1 unspecified atom stereocenters. The number of anilines is 1. The summed E-state index contributed by atoms with van der Waals surface area (Å²) in [5.41, 5.74) is 0. The average Bonchev–Trinajstić information content (AvgIpc) is 2.56. The van der Waals surface area contributed by atoms with Crippen molar-refractivity contribution in [2.24, 2.45) is 0 Å². The molecule has 22 heavy (non-hydrogen) atoms. The summed E-state index contributed by atoms with van der Waals surface area (Å²) in [7, 11) is 0. The van der Waals surface area contributed by atoms with Crippen molar-refractivity contribution in [1.82, 2.24) is 20.2 Å². The number of rotatable bonds is 2. The third kappa shape index (κ3) is 4.44. The van der Waals surface area contributed by atoms with Crippen LogP contribution in [0.25, 0.3) is 0 Å². The quantitative estimate of drug-likeness (QED) is 0.868. The molecule has 1 atom stereocenters. The van der Waals surface area contributed by atoms with Crippen LogP contribution in [-0.4, -0.2) is 59.5 Å². The summed E-state index contributed by atoms with van der Waals surface area (Å²) in [6.07, 6.45) is 6.82. The van der Waals surface area contributed by atoms with Crippen LogP contribution in [0.15, 0.2) is 18.5 Å². The highest BCUT2D eigenvalue weighted by Gasteiger charge is 2.28. The van der Waals surface area contributed by atoms with E-state index in [-0.39, 0.29) is 36.8 Å². The maximum absolute atomic E-state index is 12.4. The molecule has 124 valence electrons. The second kappa shape index (κ2) is 9.12. The van der Waals surface area contributed by atoms with E-state index in [9.17, 15) is 4.79 Å². The van der Waals surface area contributed by atoms with E-state index in [2.05, 4.69) is 20.2 Å². The number of nitrogens with zero attached hydrogens (tertiary/aromatic N) is 4. The molecule has 0 aromatic carbocycles. The maximum atomic E-state index is 12.4. The molecule has 0 radical (unpaired) electrons. The lowest BCUT2D eigenvalue weighted by atomic mass is 10.0. The summed E-state index contributed by atoms with van der Waals surface area (Å²) in [6.45, 7) is 4.10. The molecule has 1 aromatic rings. The van der Waals surface area contributed by atoms with E-state index in [4.69, 9.17) is 0 Å². The van der Waals surface area contributed by atoms with E-state index in [1.54, 1.807) is 12.4 Å². The zero-order chi connectivity index (χ0) is 13.8. The molecule has 3 rings (SSSR count). The van der Waals surface area contributed by atoms with Gasteiger partial charge in [0.1, 0.15) is 0 Å². The molecule has 0 aliphatic carbocycles. The monoisotopic (exact) mass is 347 g/mol. The van der Waals surface area contributed by atoms with Gasteiger partial charge in [0.05, 0.1) is 6.04 Å². The van der Waals surface area contributed by atoms with Crippen LogP contribution in [-0.2, 0) is 4.79 Å². The first-order valence-electron chi connectivity index (χ1n) is 7.39. The number of carbonyl (C=O) groups is 1. The summed E-state index contributed by atoms with van der Waals surface area (Å²) in [5, 5.41) is 3.33. The number of piperidine rings is 1. The topological polar surface area (TPSA) is 61.4 Å². The summed E-state index contributed by atoms with van der Waals surface area (Å²) in [5.74, 6) is 1.02. The lowest BCUT2D eigenvalue weighted by Gasteiger charge is -2.37. The van der Waals surface area contributed by atoms with Crippen molar-refractivity contribution in [3.8, 4) is 0 Å². The van der Waals surface area contributed by atoms with Gasteiger partial charge in [-0.2, -0.15) is 0 Å². The van der Waals surface area contributed by atoms with Gasteiger partial charge in [-0.3, -0.25) is 4.79 Å². The molecule has 2 aliphatic rings. The highest BCUT2D eigenvalue weighted by Crippen LogP contribution is 2.14. The molecule has 0 spiro atoms. The highest BCUT2D eigenvalue weighted by atomic mass is 35.5. The van der Waals surface area contributed by atoms with Crippen LogP contribution in [0.2, 0.25) is 0 Å². The largest absolute Gasteiger partial charge is 0.338 e. The van der Waals surface area contributed by atoms with Crippen LogP contribution in [0, 0.1) is 0 Å². The van der Waals surface area contributed by atoms with Crippen molar-refractivity contribution in [1.29, 1.82) is 0 Å². The van der Waals surface area contributed by atoms with E-state index < -0.39 is 0 Å². The van der Waals surface area contributed by atoms with E-state index in [0.717, 1.165) is 51.5 Å². The molecular weight excluding hydrogens is 325 g/mol. The van der Waals surface area contributed by atoms with E-state index >= 15 is 0 Å². The minimum absolute atomic E-state index is 0. The summed E-state index contributed by atoms with van der Waals surface area (Å²) in [6, 6.07) is 1.85. The number of carbonyl (C=O) groups excluding carboxylic acids is 1. The molecule has 2 fully saturated rings. The van der Waals surface area contributed by atoms with Gasteiger partial charge in [-0.25, -0.2) is 9.97 Å². The third-order valence-electron chi connectivity index (χ3n) is 4.03. The van der Waals surface area contributed by atoms with Gasteiger partial charge in [0.15, 0.2) is 0 Å². The maximum Gasteiger partial charge on any atom is 0.239 e. The Morgan fingerprint density at radius 2 is 1.77 bits per heavy atom. The smallest absolute Gasteiger partial charge is 0.239 e. The zero-order valence-electron chi connectivity index (χ0n) is 12.5. The number of hydrogen-bond acceptors (Lipinski definition) is 5. The Labute approximate surface area is 143 Å². The normalized spacial score (nSPS) is 21.5. The molecule has 0 bridgehead atoms. The lowest BCUT2D eigenvalue weighted by Crippen LogP contribution is -2.55. The van der Waals surface area contributed by atoms with Gasteiger partial charge in [0, 0.05) is 38.6 Å². The Bertz CT molecular complexity index is 448. The molecule has 1 amide bonds. The predicted molar refractivity (Wildman–Crippen MR) is 91.0 cm³/mol. The molecule has 2 aliphatic heterocycles. The fraction of sp³-hybridized carbons (Fsp3) is 0.643. The average molecular weight is 348 g/mol. The predicted octanol–water partition coefficient (Wildman–Crippen LogP) is 1.11. The fourth-order valence-corrected chi connectivity index (χ4v) is 2.86. The number of nitrogens with one attached hydrogen (secondary N) is 1. The van der Waals surface area contributed by atoms with Crippen LogP contribution in [0.3, 0.4) is 0 Å². The fourth-order valence-electron chi connectivity index (χ4n) is 2.86. The Balaban J connectivity index is 0.00000121. The van der Waals surface area contributed by atoms with Crippen molar-refractivity contribution in [2.75, 3.05) is 37.6 Å². The van der Waals surface area contributed by atoms with Crippen molar-refractivity contribution >= 4 is 36.7 Å². The zero-order valence-corrected chi connectivity index (χ0v) is 14.1. The van der Waals surface area contributed by atoms with Crippen LogP contribution < -0.4 is 10.2 Å². The van der Waals surface area contributed by atoms with Gasteiger partial charge in [-0.15, -0.1) is 24.8 Å². The van der Waals surface area contributed by atoms with Gasteiger partial charge in [0.2, 0.25) is 11.9 Å². The molecular formula is C14H23Cl2N5O. The Morgan fingerprint density at radius 3 is 2.36 bits per heavy atom. The summed E-state index contributed by atoms with van der Waals surface area (Å²) in [4.78, 5) is 25.0. The van der Waals surface area contributed by atoms with Gasteiger partial charge in [-0.1, -0.05) is 6.42 Å². The number of hydrogen-bond donors (Lipinski definition) is 1. The molecule has 0 saturated carbocycles. The Kier molecular flexibility index (Phi) is 7.85. The third-order valence-corrected chi connectivity index (χ3v) is 4.03. The summed E-state index contributed by atoms with van der Waals surface area (Å²) >= 11 is 0. The number of halogens is 2. The van der Waals surface area contributed by atoms with Gasteiger partial charge in [-0.05, 0) is 25.5 Å². The molecule has 3 heterocycles. The van der Waals surface area contributed by atoms with Crippen LogP contribution in [0.5, 0.6) is 0 Å². The number of amides is 1. The van der Waals surface area contributed by atoms with E-state index in [0.29, 0.717) is 0 Å². The van der Waals surface area contributed by atoms with Gasteiger partial charge < -0.3 is 15.1 Å². The van der Waals surface area contributed by atoms with Crippen LogP contribution in [0.4, 0.5) is 5.95 Å². The van der Waals surface area contributed by atoms with Gasteiger partial charge in [0.25, 0.3) is 0 Å². The second-order valence-corrected chi connectivity index (χ2v) is 5.36. The number of aromatic nitrogens is 2. The van der Waals surface area contributed by atoms with Crippen molar-refractivity contribution in [3.63, 3.8) is 0 Å². The standard InChI is InChI=1S/C14H21N5O.2ClH/c20-13(12-4-1-2-5-15-12)18-8-10-19(11-9-18)14-16-6-3-7-17-14;;/h3,6-7,12,15H,1-2,4-5,8-11H2;2*1H. The van der Waals surface area contributed by atoms with Crippen molar-refractivity contribution in [2.45, 2.75) is 25.3 Å². The van der Waals surface area contributed by atoms with Gasteiger partial charge >= 0.3 is 0 Å². The lowest BCUT2D eigenvalue weighted by molar-refractivity contribution is -0.134.